The van der Waals surface area contributed by atoms with Crippen LogP contribution in [0.15, 0.2) is 93.5 Å². The summed E-state index contributed by atoms with van der Waals surface area (Å²) < 4.78 is 26.3. The number of amides is 1. The second-order valence-electron chi connectivity index (χ2n) is 6.17. The van der Waals surface area contributed by atoms with E-state index in [0.29, 0.717) is 10.7 Å². The number of carbonyl (C=O) groups is 1. The van der Waals surface area contributed by atoms with Gasteiger partial charge in [-0.1, -0.05) is 53.7 Å². The van der Waals surface area contributed by atoms with Crippen LogP contribution in [0.3, 0.4) is 0 Å². The molecule has 8 heteroatoms. The molecule has 0 aliphatic rings. The van der Waals surface area contributed by atoms with Gasteiger partial charge < -0.3 is 5.32 Å². The van der Waals surface area contributed by atoms with E-state index in [4.69, 9.17) is 11.6 Å². The fourth-order valence-electron chi connectivity index (χ4n) is 2.54. The van der Waals surface area contributed by atoms with Gasteiger partial charge in [0.25, 0.3) is 0 Å². The SMILES string of the molecule is CN(CC(=O)Nc1ccccc1Sc1ccccc1)S(=O)(=O)c1ccc(Cl)cc1. The summed E-state index contributed by atoms with van der Waals surface area (Å²) in [7, 11) is -2.42. The van der Waals surface area contributed by atoms with E-state index in [1.54, 1.807) is 6.07 Å². The molecule has 0 radical (unpaired) electrons. The van der Waals surface area contributed by atoms with Gasteiger partial charge in [0.1, 0.15) is 0 Å². The second kappa shape index (κ2) is 9.45. The van der Waals surface area contributed by atoms with Gasteiger partial charge in [-0.25, -0.2) is 8.42 Å². The van der Waals surface area contributed by atoms with Gasteiger partial charge in [-0.05, 0) is 48.5 Å². The van der Waals surface area contributed by atoms with E-state index in [2.05, 4.69) is 5.32 Å². The smallest absolute Gasteiger partial charge is 0.243 e. The van der Waals surface area contributed by atoms with Crippen LogP contribution in [0.1, 0.15) is 0 Å². The first-order valence-corrected chi connectivity index (χ1v) is 11.3. The number of hydrogen-bond acceptors (Lipinski definition) is 4. The minimum absolute atomic E-state index is 0.0808. The van der Waals surface area contributed by atoms with Crippen molar-refractivity contribution in [3.63, 3.8) is 0 Å². The average molecular weight is 447 g/mol. The van der Waals surface area contributed by atoms with Crippen molar-refractivity contribution < 1.29 is 13.2 Å². The van der Waals surface area contributed by atoms with Gasteiger partial charge in [0.05, 0.1) is 17.1 Å². The molecule has 3 rings (SSSR count). The molecule has 0 spiro atoms. The van der Waals surface area contributed by atoms with E-state index < -0.39 is 15.9 Å². The van der Waals surface area contributed by atoms with Gasteiger partial charge >= 0.3 is 0 Å². The Kier molecular flexibility index (Phi) is 6.97. The number of likely N-dealkylation sites (N-methyl/N-ethyl adjacent to an activating group) is 1. The number of halogens is 1. The van der Waals surface area contributed by atoms with Crippen molar-refractivity contribution in [2.24, 2.45) is 0 Å². The van der Waals surface area contributed by atoms with Crippen molar-refractivity contribution in [1.29, 1.82) is 0 Å². The summed E-state index contributed by atoms with van der Waals surface area (Å²) in [6, 6.07) is 23.0. The summed E-state index contributed by atoms with van der Waals surface area (Å²) in [5.41, 5.74) is 0.628. The third-order valence-corrected chi connectivity index (χ3v) is 7.17. The molecule has 150 valence electrons. The monoisotopic (exact) mass is 446 g/mol. The lowest BCUT2D eigenvalue weighted by molar-refractivity contribution is -0.116. The van der Waals surface area contributed by atoms with E-state index in [1.165, 1.54) is 43.1 Å². The Morgan fingerprint density at radius 1 is 0.966 bits per heavy atom. The summed E-state index contributed by atoms with van der Waals surface area (Å²) in [4.78, 5) is 14.5. The first-order chi connectivity index (χ1) is 13.9. The molecular weight excluding hydrogens is 428 g/mol. The molecule has 5 nitrogen and oxygen atoms in total. The van der Waals surface area contributed by atoms with Crippen LogP contribution in [0.4, 0.5) is 5.69 Å². The molecule has 0 fully saturated rings. The van der Waals surface area contributed by atoms with E-state index in [0.717, 1.165) is 14.1 Å². The van der Waals surface area contributed by atoms with Gasteiger partial charge in [-0.15, -0.1) is 0 Å². The van der Waals surface area contributed by atoms with Crippen LogP contribution in [-0.2, 0) is 14.8 Å². The van der Waals surface area contributed by atoms with E-state index in [-0.39, 0.29) is 11.4 Å². The van der Waals surface area contributed by atoms with E-state index in [1.807, 2.05) is 48.5 Å². The molecule has 0 aromatic heterocycles. The molecule has 0 bridgehead atoms. The third kappa shape index (κ3) is 5.61. The Balaban J connectivity index is 1.70. The lowest BCUT2D eigenvalue weighted by Gasteiger charge is -2.17. The summed E-state index contributed by atoms with van der Waals surface area (Å²) in [6.45, 7) is -0.310. The number of hydrogen-bond donors (Lipinski definition) is 1. The number of anilines is 1. The fraction of sp³-hybridized carbons (Fsp3) is 0.0952. The topological polar surface area (TPSA) is 66.5 Å². The van der Waals surface area contributed by atoms with Crippen LogP contribution in [0.5, 0.6) is 0 Å². The number of benzene rings is 3. The zero-order valence-electron chi connectivity index (χ0n) is 15.6. The number of nitrogens with zero attached hydrogens (tertiary/aromatic N) is 1. The van der Waals surface area contributed by atoms with Gasteiger partial charge in [-0.3, -0.25) is 4.79 Å². The van der Waals surface area contributed by atoms with Crippen molar-refractivity contribution >= 4 is 45.0 Å². The zero-order valence-corrected chi connectivity index (χ0v) is 18.0. The van der Waals surface area contributed by atoms with Gasteiger partial charge in [0.15, 0.2) is 0 Å². The molecule has 1 N–H and O–H groups in total. The first-order valence-electron chi connectivity index (χ1n) is 8.70. The molecule has 1 amide bonds. The minimum atomic E-state index is -3.79. The van der Waals surface area contributed by atoms with Crippen molar-refractivity contribution in [2.75, 3.05) is 18.9 Å². The van der Waals surface area contributed by atoms with Crippen molar-refractivity contribution in [3.05, 3.63) is 83.9 Å². The summed E-state index contributed by atoms with van der Waals surface area (Å²) in [5.74, 6) is -0.425. The molecule has 3 aromatic rings. The maximum absolute atomic E-state index is 12.6. The summed E-state index contributed by atoms with van der Waals surface area (Å²) >= 11 is 7.33. The molecule has 0 saturated heterocycles. The standard InChI is InChI=1S/C21H19ClN2O3S2/c1-24(29(26,27)18-13-11-16(22)12-14-18)15-21(25)23-19-9-5-6-10-20(19)28-17-7-3-2-4-8-17/h2-14H,15H2,1H3,(H,23,25). The summed E-state index contributed by atoms with van der Waals surface area (Å²) in [5, 5.41) is 3.25. The van der Waals surface area contributed by atoms with E-state index in [9.17, 15) is 13.2 Å². The Labute approximate surface area is 179 Å². The number of sulfonamides is 1. The molecule has 0 heterocycles. The highest BCUT2D eigenvalue weighted by Gasteiger charge is 2.23. The van der Waals surface area contributed by atoms with Crippen molar-refractivity contribution in [3.8, 4) is 0 Å². The number of rotatable bonds is 7. The average Bonchev–Trinajstić information content (AvgIpc) is 2.70. The zero-order chi connectivity index (χ0) is 20.9. The van der Waals surface area contributed by atoms with Gasteiger partial charge in [0, 0.05) is 21.9 Å². The highest BCUT2D eigenvalue weighted by molar-refractivity contribution is 7.99. The van der Waals surface area contributed by atoms with Crippen LogP contribution >= 0.6 is 23.4 Å². The lowest BCUT2D eigenvalue weighted by Crippen LogP contribution is -2.35. The maximum atomic E-state index is 12.6. The van der Waals surface area contributed by atoms with Crippen LogP contribution in [-0.4, -0.2) is 32.2 Å². The van der Waals surface area contributed by atoms with Crippen LogP contribution in [0.2, 0.25) is 5.02 Å². The normalized spacial score (nSPS) is 11.4. The quantitative estimate of drug-likeness (QED) is 0.568. The molecular formula is C21H19ClN2O3S2. The van der Waals surface area contributed by atoms with Crippen LogP contribution in [0, 0.1) is 0 Å². The Hall–Kier alpha value is -2.32. The molecule has 3 aromatic carbocycles. The predicted octanol–water partition coefficient (Wildman–Crippen LogP) is 4.75. The van der Waals surface area contributed by atoms with Crippen molar-refractivity contribution in [1.82, 2.24) is 4.31 Å². The largest absolute Gasteiger partial charge is 0.324 e. The lowest BCUT2D eigenvalue weighted by atomic mass is 10.3. The third-order valence-electron chi connectivity index (χ3n) is 4.02. The van der Waals surface area contributed by atoms with Crippen molar-refractivity contribution in [2.45, 2.75) is 14.7 Å². The second-order valence-corrected chi connectivity index (χ2v) is 9.77. The van der Waals surface area contributed by atoms with Crippen LogP contribution < -0.4 is 5.32 Å². The number of nitrogens with one attached hydrogen (secondary N) is 1. The predicted molar refractivity (Wildman–Crippen MR) is 117 cm³/mol. The van der Waals surface area contributed by atoms with E-state index >= 15 is 0 Å². The molecule has 0 aliphatic carbocycles. The molecule has 0 aliphatic heterocycles. The number of para-hydroxylation sites is 1. The van der Waals surface area contributed by atoms with Gasteiger partial charge in [0.2, 0.25) is 15.9 Å². The Bertz CT molecular complexity index is 1090. The molecule has 0 unspecified atom stereocenters. The van der Waals surface area contributed by atoms with Crippen LogP contribution in [0.25, 0.3) is 0 Å². The van der Waals surface area contributed by atoms with Gasteiger partial charge in [-0.2, -0.15) is 4.31 Å². The highest BCUT2D eigenvalue weighted by Crippen LogP contribution is 2.33. The molecule has 0 atom stereocenters. The first kappa shape index (κ1) is 21.4. The molecule has 0 saturated carbocycles. The number of carbonyl (C=O) groups excluding carboxylic acids is 1. The Morgan fingerprint density at radius 3 is 2.28 bits per heavy atom. The minimum Gasteiger partial charge on any atom is -0.324 e. The Morgan fingerprint density at radius 2 is 1.59 bits per heavy atom. The maximum Gasteiger partial charge on any atom is 0.243 e. The summed E-state index contributed by atoms with van der Waals surface area (Å²) in [6.07, 6.45) is 0. The molecule has 29 heavy (non-hydrogen) atoms. The highest BCUT2D eigenvalue weighted by atomic mass is 35.5. The fourth-order valence-corrected chi connectivity index (χ4v) is 4.71.